The number of carbonyl (C=O) groups is 1. The second-order valence-electron chi connectivity index (χ2n) is 9.70. The second-order valence-corrected chi connectivity index (χ2v) is 10.1. The van der Waals surface area contributed by atoms with Gasteiger partial charge < -0.3 is 14.8 Å². The first-order valence-electron chi connectivity index (χ1n) is 12.0. The molecule has 0 atom stereocenters. The van der Waals surface area contributed by atoms with E-state index in [0.717, 1.165) is 27.9 Å². The van der Waals surface area contributed by atoms with Crippen molar-refractivity contribution < 1.29 is 14.3 Å². The van der Waals surface area contributed by atoms with Crippen molar-refractivity contribution >= 4 is 34.1 Å². The Balaban J connectivity index is 1.47. The predicted molar refractivity (Wildman–Crippen MR) is 148 cm³/mol. The van der Waals surface area contributed by atoms with Gasteiger partial charge in [0.2, 0.25) is 5.88 Å². The van der Waals surface area contributed by atoms with Crippen LogP contribution in [0.25, 0.3) is 16.5 Å². The third-order valence-corrected chi connectivity index (χ3v) is 6.17. The lowest BCUT2D eigenvalue weighted by Crippen LogP contribution is -2.15. The Hall–Kier alpha value is -4.43. The molecule has 9 heteroatoms. The molecular formula is C29H26ClN5O3. The van der Waals surface area contributed by atoms with Crippen LogP contribution in [0.4, 0.5) is 5.82 Å². The molecule has 3 aromatic carbocycles. The van der Waals surface area contributed by atoms with Crippen molar-refractivity contribution in [2.45, 2.75) is 26.2 Å². The molecule has 0 fully saturated rings. The summed E-state index contributed by atoms with van der Waals surface area (Å²) in [6.45, 7) is 6.25. The number of hydrogen-bond donors (Lipinski definition) is 1. The molecule has 0 bridgehead atoms. The number of fused-ring (bicyclic) bond motifs is 1. The molecule has 5 rings (SSSR count). The fraction of sp³-hybridized carbons (Fsp3) is 0.172. The smallest absolute Gasteiger partial charge is 0.257 e. The van der Waals surface area contributed by atoms with Gasteiger partial charge in [-0.05, 0) is 59.3 Å². The topological polar surface area (TPSA) is 91.2 Å². The van der Waals surface area contributed by atoms with Gasteiger partial charge in [-0.1, -0.05) is 44.5 Å². The Labute approximate surface area is 225 Å². The molecule has 192 valence electrons. The lowest BCUT2D eigenvalue weighted by Gasteiger charge is -2.14. The van der Waals surface area contributed by atoms with Crippen molar-refractivity contribution in [3.63, 3.8) is 0 Å². The number of carbonyl (C=O) groups excluding carboxylic acids is 1. The van der Waals surface area contributed by atoms with Crippen LogP contribution in [0, 0.1) is 0 Å². The van der Waals surface area contributed by atoms with E-state index >= 15 is 0 Å². The number of anilines is 1. The maximum atomic E-state index is 13.5. The van der Waals surface area contributed by atoms with E-state index in [9.17, 15) is 4.79 Å². The minimum atomic E-state index is -0.248. The highest BCUT2D eigenvalue weighted by Crippen LogP contribution is 2.30. The molecule has 0 aliphatic rings. The van der Waals surface area contributed by atoms with Crippen molar-refractivity contribution in [3.05, 3.63) is 95.5 Å². The van der Waals surface area contributed by atoms with Crippen molar-refractivity contribution in [1.29, 1.82) is 0 Å². The highest BCUT2D eigenvalue weighted by molar-refractivity contribution is 6.29. The number of aromatic nitrogens is 4. The normalized spacial score (nSPS) is 11.4. The summed E-state index contributed by atoms with van der Waals surface area (Å²) < 4.78 is 12.8. The fourth-order valence-electron chi connectivity index (χ4n) is 3.96. The molecule has 0 radical (unpaired) electrons. The van der Waals surface area contributed by atoms with Crippen LogP contribution in [0.2, 0.25) is 5.15 Å². The number of amides is 1. The van der Waals surface area contributed by atoms with Crippen molar-refractivity contribution in [1.82, 2.24) is 19.7 Å². The fourth-order valence-corrected chi connectivity index (χ4v) is 4.09. The molecule has 0 aliphatic carbocycles. The van der Waals surface area contributed by atoms with Crippen molar-refractivity contribution in [2.75, 3.05) is 12.4 Å². The van der Waals surface area contributed by atoms with Crippen LogP contribution in [0.3, 0.4) is 0 Å². The number of ether oxygens (including phenoxy) is 2. The van der Waals surface area contributed by atoms with Gasteiger partial charge in [-0.3, -0.25) is 4.79 Å². The maximum absolute atomic E-state index is 13.5. The quantitative estimate of drug-likeness (QED) is 0.244. The molecule has 2 heterocycles. The van der Waals surface area contributed by atoms with Gasteiger partial charge >= 0.3 is 0 Å². The SMILES string of the molecule is COc1ccc(-n2nc(C(C)(C)C)cc2NC(=O)c2cccc3cc(Oc4cc(Cl)ncn4)ccc23)cc1. The second kappa shape index (κ2) is 10.1. The lowest BCUT2D eigenvalue weighted by atomic mass is 9.92. The van der Waals surface area contributed by atoms with Gasteiger partial charge in [0.15, 0.2) is 0 Å². The van der Waals surface area contributed by atoms with E-state index < -0.39 is 0 Å². The summed E-state index contributed by atoms with van der Waals surface area (Å²) >= 11 is 5.93. The summed E-state index contributed by atoms with van der Waals surface area (Å²) in [7, 11) is 1.62. The molecule has 1 N–H and O–H groups in total. The van der Waals surface area contributed by atoms with Crippen LogP contribution in [0.5, 0.6) is 17.4 Å². The van der Waals surface area contributed by atoms with E-state index in [1.54, 1.807) is 23.9 Å². The van der Waals surface area contributed by atoms with Crippen LogP contribution in [-0.4, -0.2) is 32.8 Å². The van der Waals surface area contributed by atoms with Gasteiger partial charge in [0.05, 0.1) is 18.5 Å². The standard InChI is InChI=1S/C29H26ClN5O3/c1-29(2,3)24-15-26(35(34-24)19-8-10-20(37-4)11-9-19)33-28(36)23-7-5-6-18-14-21(12-13-22(18)23)38-27-16-25(30)31-17-32-27/h5-17H,1-4H3,(H,33,36). The Bertz CT molecular complexity index is 1620. The summed E-state index contributed by atoms with van der Waals surface area (Å²) in [4.78, 5) is 21.5. The molecule has 5 aromatic rings. The van der Waals surface area contributed by atoms with E-state index in [1.807, 2.05) is 54.6 Å². The summed E-state index contributed by atoms with van der Waals surface area (Å²) in [6, 6.07) is 22.0. The van der Waals surface area contributed by atoms with E-state index in [4.69, 9.17) is 26.2 Å². The predicted octanol–water partition coefficient (Wildman–Crippen LogP) is 6.82. The molecule has 0 aliphatic heterocycles. The van der Waals surface area contributed by atoms with E-state index in [-0.39, 0.29) is 11.3 Å². The molecule has 8 nitrogen and oxygen atoms in total. The van der Waals surface area contributed by atoms with Crippen LogP contribution in [0.15, 0.2) is 79.1 Å². The van der Waals surface area contributed by atoms with Gasteiger partial charge in [0, 0.05) is 23.1 Å². The number of methoxy groups -OCH3 is 1. The Morgan fingerprint density at radius 3 is 2.42 bits per heavy atom. The van der Waals surface area contributed by atoms with Gasteiger partial charge in [-0.2, -0.15) is 5.10 Å². The van der Waals surface area contributed by atoms with Crippen molar-refractivity contribution in [2.24, 2.45) is 0 Å². The van der Waals surface area contributed by atoms with Gasteiger partial charge in [0.1, 0.15) is 28.8 Å². The molecule has 0 unspecified atom stereocenters. The first-order chi connectivity index (χ1) is 18.2. The van der Waals surface area contributed by atoms with Crippen LogP contribution in [0.1, 0.15) is 36.8 Å². The molecule has 0 saturated heterocycles. The average molecular weight is 528 g/mol. The molecule has 0 saturated carbocycles. The molecule has 0 spiro atoms. The zero-order chi connectivity index (χ0) is 26.9. The van der Waals surface area contributed by atoms with Crippen molar-refractivity contribution in [3.8, 4) is 23.1 Å². The molecular weight excluding hydrogens is 502 g/mol. The Morgan fingerprint density at radius 1 is 0.947 bits per heavy atom. The molecule has 38 heavy (non-hydrogen) atoms. The average Bonchev–Trinajstić information content (AvgIpc) is 3.32. The number of benzene rings is 3. The minimum absolute atomic E-state index is 0.207. The zero-order valence-electron chi connectivity index (χ0n) is 21.4. The maximum Gasteiger partial charge on any atom is 0.257 e. The lowest BCUT2D eigenvalue weighted by molar-refractivity contribution is 0.102. The summed E-state index contributed by atoms with van der Waals surface area (Å²) in [5.74, 6) is 1.96. The van der Waals surface area contributed by atoms with Gasteiger partial charge in [0.25, 0.3) is 5.91 Å². The number of rotatable bonds is 6. The van der Waals surface area contributed by atoms with Crippen LogP contribution in [-0.2, 0) is 5.41 Å². The number of hydrogen-bond acceptors (Lipinski definition) is 6. The van der Waals surface area contributed by atoms with E-state index in [1.165, 1.54) is 12.4 Å². The monoisotopic (exact) mass is 527 g/mol. The zero-order valence-corrected chi connectivity index (χ0v) is 22.2. The minimum Gasteiger partial charge on any atom is -0.497 e. The van der Waals surface area contributed by atoms with Crippen LogP contribution >= 0.6 is 11.6 Å². The van der Waals surface area contributed by atoms with E-state index in [2.05, 4.69) is 36.1 Å². The van der Waals surface area contributed by atoms with Gasteiger partial charge in [-0.25, -0.2) is 14.6 Å². The molecule has 2 aromatic heterocycles. The Kier molecular flexibility index (Phi) is 6.73. The first-order valence-corrected chi connectivity index (χ1v) is 12.3. The highest BCUT2D eigenvalue weighted by Gasteiger charge is 2.22. The third kappa shape index (κ3) is 5.31. The summed E-state index contributed by atoms with van der Waals surface area (Å²) in [5, 5.41) is 9.78. The number of nitrogens with zero attached hydrogens (tertiary/aromatic N) is 4. The summed E-state index contributed by atoms with van der Waals surface area (Å²) in [6.07, 6.45) is 1.34. The summed E-state index contributed by atoms with van der Waals surface area (Å²) in [5.41, 5.74) is 1.98. The highest BCUT2D eigenvalue weighted by atomic mass is 35.5. The van der Waals surface area contributed by atoms with E-state index in [0.29, 0.717) is 28.2 Å². The largest absolute Gasteiger partial charge is 0.497 e. The van der Waals surface area contributed by atoms with Crippen LogP contribution < -0.4 is 14.8 Å². The third-order valence-electron chi connectivity index (χ3n) is 5.96. The van der Waals surface area contributed by atoms with Gasteiger partial charge in [-0.15, -0.1) is 0 Å². The Morgan fingerprint density at radius 2 is 1.71 bits per heavy atom. The molecule has 1 amide bonds. The first kappa shape index (κ1) is 25.2. The number of halogens is 1. The number of nitrogens with one attached hydrogen (secondary N) is 1.